The van der Waals surface area contributed by atoms with E-state index in [2.05, 4.69) is 36.5 Å². The van der Waals surface area contributed by atoms with E-state index < -0.39 is 10.0 Å². The van der Waals surface area contributed by atoms with Crippen molar-refractivity contribution in [2.75, 3.05) is 16.6 Å². The first-order valence-corrected chi connectivity index (χ1v) is 14.9. The molecule has 0 unspecified atom stereocenters. The van der Waals surface area contributed by atoms with Crippen LogP contribution in [0, 0.1) is 13.8 Å². The number of sulfonamides is 1. The van der Waals surface area contributed by atoms with Crippen molar-refractivity contribution in [1.29, 1.82) is 0 Å². The third-order valence-electron chi connectivity index (χ3n) is 5.99. The quantitative estimate of drug-likeness (QED) is 0.168. The first kappa shape index (κ1) is 27.8. The Bertz CT molecular complexity index is 1490. The molecule has 1 N–H and O–H groups in total. The molecular formula is C30H29ClN2O3S2. The van der Waals surface area contributed by atoms with Crippen molar-refractivity contribution in [3.63, 3.8) is 0 Å². The van der Waals surface area contributed by atoms with Gasteiger partial charge in [-0.1, -0.05) is 65.7 Å². The van der Waals surface area contributed by atoms with E-state index in [0.717, 1.165) is 16.9 Å². The van der Waals surface area contributed by atoms with Gasteiger partial charge in [0.2, 0.25) is 0 Å². The van der Waals surface area contributed by atoms with E-state index in [1.807, 2.05) is 6.92 Å². The van der Waals surface area contributed by atoms with Gasteiger partial charge in [-0.2, -0.15) is 0 Å². The largest absolute Gasteiger partial charge is 0.351 e. The van der Waals surface area contributed by atoms with Gasteiger partial charge in [-0.3, -0.25) is 9.10 Å². The van der Waals surface area contributed by atoms with Gasteiger partial charge in [0.1, 0.15) is 0 Å². The van der Waals surface area contributed by atoms with E-state index >= 15 is 0 Å². The van der Waals surface area contributed by atoms with Crippen molar-refractivity contribution in [3.05, 3.63) is 124 Å². The number of aryl methyl sites for hydroxylation is 2. The summed E-state index contributed by atoms with van der Waals surface area (Å²) in [6.45, 7) is 4.53. The van der Waals surface area contributed by atoms with E-state index in [-0.39, 0.29) is 17.3 Å². The van der Waals surface area contributed by atoms with Crippen LogP contribution in [-0.4, -0.2) is 26.6 Å². The molecule has 8 heteroatoms. The van der Waals surface area contributed by atoms with Crippen molar-refractivity contribution < 1.29 is 13.2 Å². The number of amides is 1. The fourth-order valence-electron chi connectivity index (χ4n) is 3.87. The molecule has 0 aliphatic carbocycles. The van der Waals surface area contributed by atoms with Crippen LogP contribution in [-0.2, 0) is 16.6 Å². The van der Waals surface area contributed by atoms with Crippen LogP contribution in [0.25, 0.3) is 0 Å². The van der Waals surface area contributed by atoms with Crippen molar-refractivity contribution in [2.45, 2.75) is 30.2 Å². The number of rotatable bonds is 10. The molecule has 0 fully saturated rings. The van der Waals surface area contributed by atoms with Crippen molar-refractivity contribution in [1.82, 2.24) is 5.32 Å². The number of carbonyl (C=O) groups is 1. The molecule has 0 aromatic heterocycles. The molecule has 196 valence electrons. The molecule has 0 radical (unpaired) electrons. The number of nitrogens with one attached hydrogen (secondary N) is 1. The van der Waals surface area contributed by atoms with Crippen molar-refractivity contribution in [2.24, 2.45) is 0 Å². The van der Waals surface area contributed by atoms with Crippen LogP contribution < -0.4 is 9.62 Å². The molecule has 1 amide bonds. The van der Waals surface area contributed by atoms with Gasteiger partial charge in [-0.05, 0) is 73.5 Å². The van der Waals surface area contributed by atoms with Gasteiger partial charge in [0.25, 0.3) is 15.9 Å². The SMILES string of the molecule is Cc1ccc(SCCNC(=O)c2ccc(CN(c3cc(Cl)ccc3C)S(=O)(=O)c3ccccc3)cc2)cc1. The van der Waals surface area contributed by atoms with Crippen molar-refractivity contribution in [3.8, 4) is 0 Å². The molecule has 0 aliphatic rings. The Kier molecular flexibility index (Phi) is 9.15. The average molecular weight is 565 g/mol. The summed E-state index contributed by atoms with van der Waals surface area (Å²) in [7, 11) is -3.87. The highest BCUT2D eigenvalue weighted by atomic mass is 35.5. The number of thioether (sulfide) groups is 1. The summed E-state index contributed by atoms with van der Waals surface area (Å²) in [4.78, 5) is 14.0. The lowest BCUT2D eigenvalue weighted by Gasteiger charge is -2.26. The van der Waals surface area contributed by atoms with Crippen LogP contribution in [0.2, 0.25) is 5.02 Å². The Hall–Kier alpha value is -3.26. The highest BCUT2D eigenvalue weighted by molar-refractivity contribution is 7.99. The Balaban J connectivity index is 1.46. The second-order valence-corrected chi connectivity index (χ2v) is 12.3. The van der Waals surface area contributed by atoms with E-state index in [1.165, 1.54) is 14.8 Å². The molecule has 0 saturated carbocycles. The lowest BCUT2D eigenvalue weighted by atomic mass is 10.1. The summed E-state index contributed by atoms with van der Waals surface area (Å²) < 4.78 is 28.7. The summed E-state index contributed by atoms with van der Waals surface area (Å²) in [5.74, 6) is 0.596. The highest BCUT2D eigenvalue weighted by Gasteiger charge is 2.26. The van der Waals surface area contributed by atoms with Crippen molar-refractivity contribution >= 4 is 45.0 Å². The topological polar surface area (TPSA) is 66.5 Å². The maximum atomic E-state index is 13.7. The molecule has 38 heavy (non-hydrogen) atoms. The van der Waals surface area contributed by atoms with Gasteiger partial charge >= 0.3 is 0 Å². The standard InChI is InChI=1S/C30H29ClN2O3S2/c1-22-8-16-27(17-9-22)37-19-18-32-30(34)25-13-11-24(12-14-25)21-33(29-20-26(31)15-10-23(29)2)38(35,36)28-6-4-3-5-7-28/h3-17,20H,18-19,21H2,1-2H3,(H,32,34). The first-order chi connectivity index (χ1) is 18.2. The first-order valence-electron chi connectivity index (χ1n) is 12.1. The third kappa shape index (κ3) is 6.98. The maximum Gasteiger partial charge on any atom is 0.264 e. The molecule has 0 aliphatic heterocycles. The lowest BCUT2D eigenvalue weighted by molar-refractivity contribution is 0.0956. The van der Waals surface area contributed by atoms with E-state index in [9.17, 15) is 13.2 Å². The highest BCUT2D eigenvalue weighted by Crippen LogP contribution is 2.31. The van der Waals surface area contributed by atoms with Gasteiger partial charge in [0.15, 0.2) is 0 Å². The average Bonchev–Trinajstić information content (AvgIpc) is 2.93. The summed E-state index contributed by atoms with van der Waals surface area (Å²) in [5.41, 5.74) is 3.78. The molecule has 0 heterocycles. The van der Waals surface area contributed by atoms with Crippen LogP contribution >= 0.6 is 23.4 Å². The zero-order valence-electron chi connectivity index (χ0n) is 21.2. The number of benzene rings is 4. The number of halogens is 1. The number of nitrogens with zero attached hydrogens (tertiary/aromatic N) is 1. The molecule has 4 aromatic carbocycles. The van der Waals surface area contributed by atoms with Gasteiger partial charge in [-0.15, -0.1) is 11.8 Å². The van der Waals surface area contributed by atoms with Gasteiger partial charge in [-0.25, -0.2) is 8.42 Å². The Morgan fingerprint density at radius 2 is 1.58 bits per heavy atom. The fraction of sp³-hybridized carbons (Fsp3) is 0.167. The second-order valence-electron chi connectivity index (χ2n) is 8.87. The molecule has 5 nitrogen and oxygen atoms in total. The molecule has 4 aromatic rings. The monoisotopic (exact) mass is 564 g/mol. The van der Waals surface area contributed by atoms with Crippen LogP contribution in [0.1, 0.15) is 27.0 Å². The van der Waals surface area contributed by atoms with Crippen LogP contribution in [0.15, 0.2) is 107 Å². The second kappa shape index (κ2) is 12.5. The molecular weight excluding hydrogens is 536 g/mol. The predicted octanol–water partition coefficient (Wildman–Crippen LogP) is 6.87. The minimum Gasteiger partial charge on any atom is -0.351 e. The van der Waals surface area contributed by atoms with Crippen LogP contribution in [0.4, 0.5) is 5.69 Å². The summed E-state index contributed by atoms with van der Waals surface area (Å²) in [6.07, 6.45) is 0. The Labute approximate surface area is 233 Å². The Morgan fingerprint density at radius 1 is 0.895 bits per heavy atom. The minimum atomic E-state index is -3.87. The number of hydrogen-bond acceptors (Lipinski definition) is 4. The van der Waals surface area contributed by atoms with E-state index in [4.69, 9.17) is 11.6 Å². The molecule has 0 spiro atoms. The smallest absolute Gasteiger partial charge is 0.264 e. The minimum absolute atomic E-state index is 0.0908. The summed E-state index contributed by atoms with van der Waals surface area (Å²) >= 11 is 7.93. The predicted molar refractivity (Wildman–Crippen MR) is 157 cm³/mol. The van der Waals surface area contributed by atoms with E-state index in [0.29, 0.717) is 22.8 Å². The van der Waals surface area contributed by atoms with Crippen LogP contribution in [0.3, 0.4) is 0 Å². The molecule has 0 bridgehead atoms. The summed E-state index contributed by atoms with van der Waals surface area (Å²) in [6, 6.07) is 28.8. The van der Waals surface area contributed by atoms with E-state index in [1.54, 1.807) is 84.6 Å². The number of carbonyl (C=O) groups excluding carboxylic acids is 1. The zero-order chi connectivity index (χ0) is 27.1. The fourth-order valence-corrected chi connectivity index (χ4v) is 6.33. The number of hydrogen-bond donors (Lipinski definition) is 1. The molecule has 0 saturated heterocycles. The van der Waals surface area contributed by atoms with Crippen LogP contribution in [0.5, 0.6) is 0 Å². The Morgan fingerprint density at radius 3 is 2.26 bits per heavy atom. The molecule has 0 atom stereocenters. The number of anilines is 1. The molecule has 4 rings (SSSR count). The maximum absolute atomic E-state index is 13.7. The third-order valence-corrected chi connectivity index (χ3v) is 9.01. The summed E-state index contributed by atoms with van der Waals surface area (Å²) in [5, 5.41) is 3.40. The van der Waals surface area contributed by atoms with Gasteiger partial charge < -0.3 is 5.32 Å². The normalized spacial score (nSPS) is 11.2. The lowest BCUT2D eigenvalue weighted by Crippen LogP contribution is -2.31. The van der Waals surface area contributed by atoms with Gasteiger partial charge in [0.05, 0.1) is 17.1 Å². The van der Waals surface area contributed by atoms with Gasteiger partial charge in [0, 0.05) is 27.8 Å². The zero-order valence-corrected chi connectivity index (χ0v) is 23.6.